The molecule has 0 fully saturated rings. The van der Waals surface area contributed by atoms with Gasteiger partial charge >= 0.3 is 0 Å². The van der Waals surface area contributed by atoms with E-state index >= 15 is 0 Å². The number of sulfone groups is 1. The van der Waals surface area contributed by atoms with Gasteiger partial charge in [0, 0.05) is 11.6 Å². The molecular weight excluding hydrogens is 435 g/mol. The first kappa shape index (κ1) is 19.6. The molecule has 0 atom stereocenters. The van der Waals surface area contributed by atoms with Crippen molar-refractivity contribution in [2.45, 2.75) is 16.5 Å². The largest absolute Gasteiger partial charge is 0.459 e. The lowest BCUT2D eigenvalue weighted by Crippen LogP contribution is -2.08. The number of oxazole rings is 1. The summed E-state index contributed by atoms with van der Waals surface area (Å²) < 4.78 is 37.5. The minimum atomic E-state index is -4.12. The van der Waals surface area contributed by atoms with E-state index in [-0.39, 0.29) is 31.7 Å². The monoisotopic (exact) mass is 448 g/mol. The summed E-state index contributed by atoms with van der Waals surface area (Å²) in [6.07, 6.45) is 1.44. The van der Waals surface area contributed by atoms with Crippen LogP contribution in [0.4, 0.5) is 5.88 Å². The lowest BCUT2D eigenvalue weighted by Gasteiger charge is -2.08. The Morgan fingerprint density at radius 3 is 2.52 bits per heavy atom. The first-order valence-electron chi connectivity index (χ1n) is 8.48. The summed E-state index contributed by atoms with van der Waals surface area (Å²) in [7, 11) is -4.12. The summed E-state index contributed by atoms with van der Waals surface area (Å²) >= 11 is 12.1. The number of anilines is 1. The molecule has 2 heterocycles. The first-order chi connectivity index (χ1) is 13.9. The van der Waals surface area contributed by atoms with E-state index in [0.717, 1.165) is 5.56 Å². The summed E-state index contributed by atoms with van der Waals surface area (Å²) in [5, 5.41) is 2.96. The van der Waals surface area contributed by atoms with Gasteiger partial charge in [-0.25, -0.2) is 8.42 Å². The van der Waals surface area contributed by atoms with Gasteiger partial charge in [0.05, 0.1) is 16.2 Å². The molecule has 0 radical (unpaired) electrons. The number of furan rings is 1. The molecule has 4 aromatic rings. The Bertz CT molecular complexity index is 1240. The van der Waals surface area contributed by atoms with Gasteiger partial charge in [0.15, 0.2) is 5.76 Å². The van der Waals surface area contributed by atoms with E-state index in [1.807, 2.05) is 30.3 Å². The summed E-state index contributed by atoms with van der Waals surface area (Å²) in [5.41, 5.74) is 0.938. The molecule has 0 bridgehead atoms. The molecule has 29 heavy (non-hydrogen) atoms. The van der Waals surface area contributed by atoms with Crippen LogP contribution in [-0.2, 0) is 16.4 Å². The molecule has 9 heteroatoms. The van der Waals surface area contributed by atoms with Crippen molar-refractivity contribution < 1.29 is 17.3 Å². The Balaban J connectivity index is 1.79. The molecule has 0 amide bonds. The van der Waals surface area contributed by atoms with Gasteiger partial charge in [-0.05, 0) is 35.9 Å². The van der Waals surface area contributed by atoms with E-state index < -0.39 is 9.84 Å². The smallest absolute Gasteiger partial charge is 0.266 e. The molecule has 0 unspecified atom stereocenters. The zero-order valence-corrected chi connectivity index (χ0v) is 17.1. The highest BCUT2D eigenvalue weighted by Gasteiger charge is 2.31. The fourth-order valence-electron chi connectivity index (χ4n) is 2.67. The van der Waals surface area contributed by atoms with Gasteiger partial charge < -0.3 is 14.2 Å². The number of benzene rings is 2. The third-order valence-corrected chi connectivity index (χ3v) is 6.44. The van der Waals surface area contributed by atoms with Crippen molar-refractivity contribution in [3.05, 3.63) is 82.5 Å². The van der Waals surface area contributed by atoms with Crippen LogP contribution < -0.4 is 5.32 Å². The predicted octanol–water partition coefficient (Wildman–Crippen LogP) is 5.69. The number of nitrogens with one attached hydrogen (secondary N) is 1. The zero-order chi connectivity index (χ0) is 20.4. The van der Waals surface area contributed by atoms with Gasteiger partial charge in [-0.3, -0.25) is 0 Å². The second-order valence-corrected chi connectivity index (χ2v) is 8.72. The van der Waals surface area contributed by atoms with Crippen LogP contribution in [0.5, 0.6) is 0 Å². The topological polar surface area (TPSA) is 85.3 Å². The molecule has 0 aliphatic carbocycles. The first-order valence-corrected chi connectivity index (χ1v) is 10.7. The lowest BCUT2D eigenvalue weighted by molar-refractivity contribution is 0.522. The van der Waals surface area contributed by atoms with Crippen LogP contribution in [0.3, 0.4) is 0 Å². The second kappa shape index (κ2) is 7.94. The highest BCUT2D eigenvalue weighted by molar-refractivity contribution is 7.91. The summed E-state index contributed by atoms with van der Waals surface area (Å²) in [6.45, 7) is 0.333. The Morgan fingerprint density at radius 1 is 1.00 bits per heavy atom. The number of aromatic nitrogens is 1. The van der Waals surface area contributed by atoms with E-state index in [1.165, 1.54) is 24.5 Å². The van der Waals surface area contributed by atoms with Crippen LogP contribution in [0.2, 0.25) is 10.0 Å². The van der Waals surface area contributed by atoms with Gasteiger partial charge in [0.1, 0.15) is 0 Å². The van der Waals surface area contributed by atoms with Crippen molar-refractivity contribution in [1.29, 1.82) is 0 Å². The van der Waals surface area contributed by atoms with E-state index in [0.29, 0.717) is 12.3 Å². The summed E-state index contributed by atoms with van der Waals surface area (Å²) in [4.78, 5) is 4.01. The van der Waals surface area contributed by atoms with Crippen molar-refractivity contribution in [2.24, 2.45) is 0 Å². The number of hydrogen-bond donors (Lipinski definition) is 1. The van der Waals surface area contributed by atoms with E-state index in [4.69, 9.17) is 32.0 Å². The molecule has 4 rings (SSSR count). The van der Waals surface area contributed by atoms with Crippen molar-refractivity contribution in [3.8, 4) is 11.7 Å². The molecule has 2 aromatic carbocycles. The highest BCUT2D eigenvalue weighted by atomic mass is 35.5. The third-order valence-electron chi connectivity index (χ3n) is 4.06. The lowest BCUT2D eigenvalue weighted by atomic mass is 10.2. The maximum absolute atomic E-state index is 13.3. The van der Waals surface area contributed by atoms with Gasteiger partial charge in [-0.1, -0.05) is 53.5 Å². The second-order valence-electron chi connectivity index (χ2n) is 6.05. The van der Waals surface area contributed by atoms with Crippen LogP contribution >= 0.6 is 23.2 Å². The van der Waals surface area contributed by atoms with Crippen LogP contribution in [0, 0.1) is 0 Å². The van der Waals surface area contributed by atoms with E-state index in [1.54, 1.807) is 12.1 Å². The zero-order valence-electron chi connectivity index (χ0n) is 14.8. The van der Waals surface area contributed by atoms with E-state index in [9.17, 15) is 8.42 Å². The van der Waals surface area contributed by atoms with Crippen molar-refractivity contribution in [1.82, 2.24) is 4.98 Å². The molecule has 0 saturated carbocycles. The Morgan fingerprint density at radius 2 is 1.79 bits per heavy atom. The fourth-order valence-corrected chi connectivity index (χ4v) is 4.71. The molecule has 0 spiro atoms. The normalized spacial score (nSPS) is 11.5. The number of rotatable bonds is 6. The maximum atomic E-state index is 13.3. The van der Waals surface area contributed by atoms with Gasteiger partial charge in [0.2, 0.25) is 20.7 Å². The third kappa shape index (κ3) is 4.03. The SMILES string of the molecule is O=S(=O)(c1cc(Cl)ccc1Cl)c1nc(-c2ccco2)oc1NCc1ccccc1. The van der Waals surface area contributed by atoms with Gasteiger partial charge in [0.25, 0.3) is 5.89 Å². The average molecular weight is 449 g/mol. The summed E-state index contributed by atoms with van der Waals surface area (Å²) in [6, 6.07) is 16.9. The molecule has 6 nitrogen and oxygen atoms in total. The van der Waals surface area contributed by atoms with Crippen LogP contribution in [0.25, 0.3) is 11.7 Å². The summed E-state index contributed by atoms with van der Waals surface area (Å²) in [5.74, 6) is 0.310. The minimum Gasteiger partial charge on any atom is -0.459 e. The number of hydrogen-bond acceptors (Lipinski definition) is 6. The van der Waals surface area contributed by atoms with Gasteiger partial charge in [-0.15, -0.1) is 0 Å². The molecule has 0 aliphatic heterocycles. The average Bonchev–Trinajstić information content (AvgIpc) is 3.39. The fraction of sp³-hybridized carbons (Fsp3) is 0.0500. The predicted molar refractivity (Wildman–Crippen MR) is 110 cm³/mol. The van der Waals surface area contributed by atoms with E-state index in [2.05, 4.69) is 10.3 Å². The molecule has 1 N–H and O–H groups in total. The van der Waals surface area contributed by atoms with Crippen LogP contribution in [0.15, 0.2) is 85.7 Å². The maximum Gasteiger partial charge on any atom is 0.266 e. The number of halogens is 2. The Kier molecular flexibility index (Phi) is 5.36. The Labute approximate surface area is 177 Å². The molecule has 0 aliphatic rings. The standard InChI is InChI=1S/C20H14Cl2N2O4S/c21-14-8-9-15(22)17(11-14)29(25,26)20-19(23-12-13-5-2-1-3-6-13)28-18(24-20)16-7-4-10-27-16/h1-11,23H,12H2. The van der Waals surface area contributed by atoms with Crippen LogP contribution in [-0.4, -0.2) is 13.4 Å². The van der Waals surface area contributed by atoms with Crippen molar-refractivity contribution in [2.75, 3.05) is 5.32 Å². The molecular formula is C20H14Cl2N2O4S. The molecule has 0 saturated heterocycles. The number of nitrogens with zero attached hydrogens (tertiary/aromatic N) is 1. The minimum absolute atomic E-state index is 0.0173. The highest BCUT2D eigenvalue weighted by Crippen LogP contribution is 2.36. The molecule has 148 valence electrons. The Hall–Kier alpha value is -2.74. The van der Waals surface area contributed by atoms with Crippen LogP contribution in [0.1, 0.15) is 5.56 Å². The quantitative estimate of drug-likeness (QED) is 0.407. The van der Waals surface area contributed by atoms with Crippen molar-refractivity contribution in [3.63, 3.8) is 0 Å². The van der Waals surface area contributed by atoms with Crippen molar-refractivity contribution >= 4 is 38.9 Å². The molecule has 2 aromatic heterocycles. The van der Waals surface area contributed by atoms with Gasteiger partial charge in [-0.2, -0.15) is 4.98 Å².